The third kappa shape index (κ3) is 9.61. The molecule has 16 heavy (non-hydrogen) atoms. The van der Waals surface area contributed by atoms with Gasteiger partial charge in [0.2, 0.25) is 0 Å². The molecule has 0 atom stereocenters. The summed E-state index contributed by atoms with van der Waals surface area (Å²) in [5.41, 5.74) is 0. The van der Waals surface area contributed by atoms with Gasteiger partial charge in [-0.15, -0.1) is 0 Å². The van der Waals surface area contributed by atoms with Gasteiger partial charge < -0.3 is 14.2 Å². The van der Waals surface area contributed by atoms with Crippen molar-refractivity contribution in [3.63, 3.8) is 0 Å². The Morgan fingerprint density at radius 1 is 0.938 bits per heavy atom. The van der Waals surface area contributed by atoms with Crippen molar-refractivity contribution in [1.29, 1.82) is 0 Å². The summed E-state index contributed by atoms with van der Waals surface area (Å²) in [5.74, 6) is -0.435. The van der Waals surface area contributed by atoms with Crippen molar-refractivity contribution in [2.24, 2.45) is 0 Å². The monoisotopic (exact) mass is 232 g/mol. The van der Waals surface area contributed by atoms with Crippen LogP contribution in [-0.2, 0) is 23.8 Å². The normalized spacial score (nSPS) is 10.1. The molecule has 0 saturated heterocycles. The van der Waals surface area contributed by atoms with Gasteiger partial charge in [0.15, 0.2) is 5.78 Å². The first kappa shape index (κ1) is 15.1. The van der Waals surface area contributed by atoms with E-state index in [1.807, 2.05) is 6.92 Å². The average molecular weight is 232 g/mol. The van der Waals surface area contributed by atoms with Crippen molar-refractivity contribution in [2.45, 2.75) is 26.7 Å². The van der Waals surface area contributed by atoms with Crippen LogP contribution in [0.5, 0.6) is 0 Å². The standard InChI is InChI=1S/C11H20O5/c1-3-14-7-8-15-9-10(12)5-6-11(13)16-4-2/h3-9H2,1-2H3. The molecule has 0 radical (unpaired) electrons. The van der Waals surface area contributed by atoms with Crippen molar-refractivity contribution >= 4 is 11.8 Å². The molecule has 0 aromatic heterocycles. The van der Waals surface area contributed by atoms with Crippen molar-refractivity contribution in [3.8, 4) is 0 Å². The first-order valence-electron chi connectivity index (χ1n) is 5.53. The van der Waals surface area contributed by atoms with E-state index in [2.05, 4.69) is 0 Å². The summed E-state index contributed by atoms with van der Waals surface area (Å²) in [5, 5.41) is 0. The minimum Gasteiger partial charge on any atom is -0.466 e. The number of hydrogen-bond donors (Lipinski definition) is 0. The summed E-state index contributed by atoms with van der Waals surface area (Å²) >= 11 is 0. The number of hydrogen-bond acceptors (Lipinski definition) is 5. The van der Waals surface area contributed by atoms with E-state index in [9.17, 15) is 9.59 Å². The van der Waals surface area contributed by atoms with E-state index in [1.54, 1.807) is 6.92 Å². The molecule has 0 heterocycles. The predicted octanol–water partition coefficient (Wildman–Crippen LogP) is 0.952. The Bertz CT molecular complexity index is 203. The lowest BCUT2D eigenvalue weighted by Crippen LogP contribution is -2.14. The van der Waals surface area contributed by atoms with E-state index in [1.165, 1.54) is 0 Å². The van der Waals surface area contributed by atoms with Gasteiger partial charge in [0.1, 0.15) is 6.61 Å². The highest BCUT2D eigenvalue weighted by Crippen LogP contribution is 1.95. The number of ketones is 1. The van der Waals surface area contributed by atoms with E-state index < -0.39 is 0 Å². The number of esters is 1. The fourth-order valence-corrected chi connectivity index (χ4v) is 0.995. The number of rotatable bonds is 10. The third-order valence-electron chi connectivity index (χ3n) is 1.75. The van der Waals surface area contributed by atoms with Gasteiger partial charge in [-0.25, -0.2) is 0 Å². The zero-order valence-electron chi connectivity index (χ0n) is 9.99. The average Bonchev–Trinajstić information content (AvgIpc) is 2.26. The first-order chi connectivity index (χ1) is 7.70. The van der Waals surface area contributed by atoms with Crippen LogP contribution in [0.25, 0.3) is 0 Å². The lowest BCUT2D eigenvalue weighted by atomic mass is 10.2. The van der Waals surface area contributed by atoms with Gasteiger partial charge in [-0.3, -0.25) is 9.59 Å². The second-order valence-corrected chi connectivity index (χ2v) is 3.09. The maximum absolute atomic E-state index is 11.2. The van der Waals surface area contributed by atoms with Gasteiger partial charge in [0, 0.05) is 13.0 Å². The molecule has 5 heteroatoms. The molecule has 0 aliphatic heterocycles. The summed E-state index contributed by atoms with van der Waals surface area (Å²) < 4.78 is 14.8. The molecule has 0 aliphatic carbocycles. The lowest BCUT2D eigenvalue weighted by molar-refractivity contribution is -0.144. The van der Waals surface area contributed by atoms with Crippen LogP contribution >= 0.6 is 0 Å². The first-order valence-corrected chi connectivity index (χ1v) is 5.53. The molecule has 0 N–H and O–H groups in total. The third-order valence-corrected chi connectivity index (χ3v) is 1.75. The van der Waals surface area contributed by atoms with Gasteiger partial charge in [0.25, 0.3) is 0 Å². The number of carbonyl (C=O) groups is 2. The van der Waals surface area contributed by atoms with E-state index in [0.717, 1.165) is 0 Å². The highest BCUT2D eigenvalue weighted by Gasteiger charge is 2.07. The number of Topliss-reactive ketones (excluding diaryl/α,β-unsaturated/α-hetero) is 1. The maximum atomic E-state index is 11.2. The van der Waals surface area contributed by atoms with Gasteiger partial charge in [0.05, 0.1) is 26.2 Å². The summed E-state index contributed by atoms with van der Waals surface area (Å²) in [4.78, 5) is 22.1. The van der Waals surface area contributed by atoms with Crippen LogP contribution in [0.2, 0.25) is 0 Å². The second kappa shape index (κ2) is 10.6. The molecular weight excluding hydrogens is 212 g/mol. The molecule has 0 aromatic rings. The van der Waals surface area contributed by atoms with Crippen LogP contribution in [-0.4, -0.2) is 44.8 Å². The lowest BCUT2D eigenvalue weighted by Gasteiger charge is -2.04. The highest BCUT2D eigenvalue weighted by atomic mass is 16.5. The van der Waals surface area contributed by atoms with Crippen molar-refractivity contribution in [1.82, 2.24) is 0 Å². The van der Waals surface area contributed by atoms with E-state index in [-0.39, 0.29) is 31.2 Å². The van der Waals surface area contributed by atoms with E-state index >= 15 is 0 Å². The second-order valence-electron chi connectivity index (χ2n) is 3.09. The van der Waals surface area contributed by atoms with E-state index in [4.69, 9.17) is 14.2 Å². The van der Waals surface area contributed by atoms with Crippen LogP contribution < -0.4 is 0 Å². The van der Waals surface area contributed by atoms with Gasteiger partial charge in [-0.2, -0.15) is 0 Å². The summed E-state index contributed by atoms with van der Waals surface area (Å²) in [6, 6.07) is 0. The number of carbonyl (C=O) groups excluding carboxylic acids is 2. The molecule has 0 saturated carbocycles. The molecule has 0 fully saturated rings. The molecule has 0 rings (SSSR count). The highest BCUT2D eigenvalue weighted by molar-refractivity contribution is 5.83. The van der Waals surface area contributed by atoms with Crippen LogP contribution in [0.4, 0.5) is 0 Å². The summed E-state index contributed by atoms with van der Waals surface area (Å²) in [7, 11) is 0. The molecule has 0 amide bonds. The van der Waals surface area contributed by atoms with Gasteiger partial charge in [-0.05, 0) is 13.8 Å². The minimum atomic E-state index is -0.342. The van der Waals surface area contributed by atoms with Crippen LogP contribution in [0.15, 0.2) is 0 Å². The summed E-state index contributed by atoms with van der Waals surface area (Å²) in [6.07, 6.45) is 0.301. The van der Waals surface area contributed by atoms with Gasteiger partial charge in [-0.1, -0.05) is 0 Å². The zero-order valence-corrected chi connectivity index (χ0v) is 9.99. The topological polar surface area (TPSA) is 61.8 Å². The maximum Gasteiger partial charge on any atom is 0.306 e. The Balaban J connectivity index is 3.34. The largest absolute Gasteiger partial charge is 0.466 e. The molecule has 0 aromatic carbocycles. The Kier molecular flexibility index (Phi) is 9.95. The number of ether oxygens (including phenoxy) is 3. The van der Waals surface area contributed by atoms with Crippen molar-refractivity contribution in [2.75, 3.05) is 33.0 Å². The molecule has 0 aliphatic rings. The van der Waals surface area contributed by atoms with Crippen LogP contribution in [0, 0.1) is 0 Å². The Hall–Kier alpha value is -0.940. The molecule has 0 bridgehead atoms. The quantitative estimate of drug-likeness (QED) is 0.414. The molecule has 0 spiro atoms. The Morgan fingerprint density at radius 2 is 1.62 bits per heavy atom. The summed E-state index contributed by atoms with van der Waals surface area (Å²) in [6.45, 7) is 5.53. The van der Waals surface area contributed by atoms with Crippen LogP contribution in [0.3, 0.4) is 0 Å². The molecule has 94 valence electrons. The minimum absolute atomic E-state index is 0.0342. The molecular formula is C11H20O5. The fourth-order valence-electron chi connectivity index (χ4n) is 0.995. The smallest absolute Gasteiger partial charge is 0.306 e. The van der Waals surface area contributed by atoms with E-state index in [0.29, 0.717) is 26.4 Å². The van der Waals surface area contributed by atoms with Gasteiger partial charge >= 0.3 is 5.97 Å². The van der Waals surface area contributed by atoms with Crippen molar-refractivity contribution < 1.29 is 23.8 Å². The predicted molar refractivity (Wildman–Crippen MR) is 58.2 cm³/mol. The Morgan fingerprint density at radius 3 is 2.25 bits per heavy atom. The molecule has 0 unspecified atom stereocenters. The van der Waals surface area contributed by atoms with Crippen LogP contribution in [0.1, 0.15) is 26.7 Å². The Labute approximate surface area is 96.1 Å². The SMILES string of the molecule is CCOCCOCC(=O)CCC(=O)OCC. The fraction of sp³-hybridized carbons (Fsp3) is 0.818. The zero-order chi connectivity index (χ0) is 12.2. The van der Waals surface area contributed by atoms with Crippen molar-refractivity contribution in [3.05, 3.63) is 0 Å². The molecule has 5 nitrogen and oxygen atoms in total.